The monoisotopic (exact) mass is 153 g/mol. The molecule has 1 nitrogen and oxygen atoms in total. The highest BCUT2D eigenvalue weighted by Gasteiger charge is 2.03. The Morgan fingerprint density at radius 2 is 1.82 bits per heavy atom. The van der Waals surface area contributed by atoms with E-state index in [1.807, 2.05) is 6.21 Å². The molecule has 0 fully saturated rings. The van der Waals surface area contributed by atoms with E-state index in [2.05, 4.69) is 44.8 Å². The Labute approximate surface area is 70.2 Å². The zero-order chi connectivity index (χ0) is 8.74. The summed E-state index contributed by atoms with van der Waals surface area (Å²) in [7, 11) is 0. The highest BCUT2D eigenvalue weighted by molar-refractivity contribution is 5.59. The molecule has 0 aliphatic carbocycles. The SMILES string of the molecule is CC/C=C\CC=NC(C)(C)C. The van der Waals surface area contributed by atoms with Crippen molar-refractivity contribution in [3.8, 4) is 0 Å². The lowest BCUT2D eigenvalue weighted by Gasteiger charge is -2.09. The van der Waals surface area contributed by atoms with Crippen molar-refractivity contribution in [2.75, 3.05) is 0 Å². The van der Waals surface area contributed by atoms with Gasteiger partial charge in [0.05, 0.1) is 5.54 Å². The third kappa shape index (κ3) is 9.41. The Hall–Kier alpha value is -0.590. The first-order chi connectivity index (χ1) is 5.06. The summed E-state index contributed by atoms with van der Waals surface area (Å²) >= 11 is 0. The lowest BCUT2D eigenvalue weighted by atomic mass is 10.1. The fraction of sp³-hybridized carbons (Fsp3) is 0.700. The van der Waals surface area contributed by atoms with Crippen LogP contribution in [0.3, 0.4) is 0 Å². The number of aliphatic imine (C=N–C) groups is 1. The van der Waals surface area contributed by atoms with Gasteiger partial charge in [0.1, 0.15) is 0 Å². The van der Waals surface area contributed by atoms with Gasteiger partial charge in [-0.1, -0.05) is 19.1 Å². The van der Waals surface area contributed by atoms with Gasteiger partial charge < -0.3 is 0 Å². The van der Waals surface area contributed by atoms with Crippen LogP contribution in [0.1, 0.15) is 40.5 Å². The zero-order valence-electron chi connectivity index (χ0n) is 8.09. The molecule has 0 aromatic rings. The maximum absolute atomic E-state index is 4.35. The number of hydrogen-bond acceptors (Lipinski definition) is 1. The van der Waals surface area contributed by atoms with Crippen molar-refractivity contribution < 1.29 is 0 Å². The highest BCUT2D eigenvalue weighted by atomic mass is 14.8. The molecule has 64 valence electrons. The molecule has 0 bridgehead atoms. The first-order valence-electron chi connectivity index (χ1n) is 4.25. The minimum Gasteiger partial charge on any atom is -0.291 e. The van der Waals surface area contributed by atoms with Crippen molar-refractivity contribution in [2.24, 2.45) is 4.99 Å². The second kappa shape index (κ2) is 5.11. The van der Waals surface area contributed by atoms with Crippen LogP contribution >= 0.6 is 0 Å². The van der Waals surface area contributed by atoms with Gasteiger partial charge in [-0.05, 0) is 27.2 Å². The largest absolute Gasteiger partial charge is 0.291 e. The minimum atomic E-state index is 0.0834. The predicted molar refractivity (Wildman–Crippen MR) is 52.3 cm³/mol. The standard InChI is InChI=1S/C10H19N/c1-5-6-7-8-9-11-10(2,3)4/h6-7,9H,5,8H2,1-4H3/b7-6-,11-9?. The molecule has 0 aromatic heterocycles. The lowest BCUT2D eigenvalue weighted by Crippen LogP contribution is -2.09. The van der Waals surface area contributed by atoms with Gasteiger partial charge >= 0.3 is 0 Å². The summed E-state index contributed by atoms with van der Waals surface area (Å²) in [5.41, 5.74) is 0.0834. The van der Waals surface area contributed by atoms with Gasteiger partial charge in [-0.15, -0.1) is 0 Å². The van der Waals surface area contributed by atoms with Crippen LogP contribution in [-0.4, -0.2) is 11.8 Å². The number of rotatable bonds is 3. The zero-order valence-corrected chi connectivity index (χ0v) is 8.09. The third-order valence-corrected chi connectivity index (χ3v) is 1.12. The normalized spacial score (nSPS) is 13.5. The number of nitrogens with zero attached hydrogens (tertiary/aromatic N) is 1. The first kappa shape index (κ1) is 10.4. The molecule has 0 amide bonds. The summed E-state index contributed by atoms with van der Waals surface area (Å²) < 4.78 is 0. The van der Waals surface area contributed by atoms with Gasteiger partial charge in [0.25, 0.3) is 0 Å². The molecule has 0 rings (SSSR count). The molecular formula is C10H19N. The summed E-state index contributed by atoms with van der Waals surface area (Å²) in [5.74, 6) is 0. The van der Waals surface area contributed by atoms with E-state index >= 15 is 0 Å². The molecule has 0 saturated carbocycles. The Morgan fingerprint density at radius 3 is 2.27 bits per heavy atom. The van der Waals surface area contributed by atoms with Crippen LogP contribution < -0.4 is 0 Å². The molecule has 0 aromatic carbocycles. The topological polar surface area (TPSA) is 12.4 Å². The van der Waals surface area contributed by atoms with Crippen LogP contribution in [0.15, 0.2) is 17.1 Å². The van der Waals surface area contributed by atoms with Crippen molar-refractivity contribution in [1.29, 1.82) is 0 Å². The van der Waals surface area contributed by atoms with Crippen molar-refractivity contribution in [1.82, 2.24) is 0 Å². The fourth-order valence-electron chi connectivity index (χ4n) is 0.650. The van der Waals surface area contributed by atoms with Crippen molar-refractivity contribution >= 4 is 6.21 Å². The van der Waals surface area contributed by atoms with Gasteiger partial charge in [0.2, 0.25) is 0 Å². The molecule has 0 spiro atoms. The van der Waals surface area contributed by atoms with Crippen LogP contribution in [0.25, 0.3) is 0 Å². The lowest BCUT2D eigenvalue weighted by molar-refractivity contribution is 0.585. The second-order valence-corrected chi connectivity index (χ2v) is 3.60. The highest BCUT2D eigenvalue weighted by Crippen LogP contribution is 2.04. The molecule has 0 unspecified atom stereocenters. The van der Waals surface area contributed by atoms with Gasteiger partial charge in [-0.2, -0.15) is 0 Å². The van der Waals surface area contributed by atoms with E-state index in [1.165, 1.54) is 0 Å². The maximum atomic E-state index is 4.35. The van der Waals surface area contributed by atoms with Crippen molar-refractivity contribution in [2.45, 2.75) is 46.1 Å². The Kier molecular flexibility index (Phi) is 4.84. The van der Waals surface area contributed by atoms with E-state index in [-0.39, 0.29) is 5.54 Å². The third-order valence-electron chi connectivity index (χ3n) is 1.12. The van der Waals surface area contributed by atoms with Gasteiger partial charge in [-0.3, -0.25) is 4.99 Å². The average Bonchev–Trinajstić information content (AvgIpc) is 1.85. The molecule has 11 heavy (non-hydrogen) atoms. The molecule has 0 saturated heterocycles. The molecule has 0 aliphatic heterocycles. The van der Waals surface area contributed by atoms with E-state index < -0.39 is 0 Å². The van der Waals surface area contributed by atoms with Crippen LogP contribution in [0, 0.1) is 0 Å². The molecule has 0 radical (unpaired) electrons. The van der Waals surface area contributed by atoms with Gasteiger partial charge in [0.15, 0.2) is 0 Å². The Balaban J connectivity index is 3.53. The number of allylic oxidation sites excluding steroid dienone is 2. The summed E-state index contributed by atoms with van der Waals surface area (Å²) in [5, 5.41) is 0. The quantitative estimate of drug-likeness (QED) is 0.436. The van der Waals surface area contributed by atoms with E-state index in [9.17, 15) is 0 Å². The number of hydrogen-bond donors (Lipinski definition) is 0. The molecular weight excluding hydrogens is 134 g/mol. The molecule has 0 aliphatic rings. The van der Waals surface area contributed by atoms with E-state index in [4.69, 9.17) is 0 Å². The minimum absolute atomic E-state index is 0.0834. The van der Waals surface area contributed by atoms with Gasteiger partial charge in [0, 0.05) is 12.6 Å². The summed E-state index contributed by atoms with van der Waals surface area (Å²) in [4.78, 5) is 4.35. The van der Waals surface area contributed by atoms with Crippen molar-refractivity contribution in [3.05, 3.63) is 12.2 Å². The average molecular weight is 153 g/mol. The van der Waals surface area contributed by atoms with Crippen LogP contribution in [0.2, 0.25) is 0 Å². The molecule has 0 heterocycles. The smallest absolute Gasteiger partial charge is 0.0520 e. The van der Waals surface area contributed by atoms with E-state index in [1.54, 1.807) is 0 Å². The van der Waals surface area contributed by atoms with Crippen LogP contribution in [-0.2, 0) is 0 Å². The summed E-state index contributed by atoms with van der Waals surface area (Å²) in [6.45, 7) is 8.45. The summed E-state index contributed by atoms with van der Waals surface area (Å²) in [6, 6.07) is 0. The maximum Gasteiger partial charge on any atom is 0.0520 e. The summed E-state index contributed by atoms with van der Waals surface area (Å²) in [6.07, 6.45) is 8.37. The van der Waals surface area contributed by atoms with Crippen LogP contribution in [0.4, 0.5) is 0 Å². The Morgan fingerprint density at radius 1 is 1.18 bits per heavy atom. The van der Waals surface area contributed by atoms with E-state index in [0.717, 1.165) is 12.8 Å². The Bertz CT molecular complexity index is 137. The van der Waals surface area contributed by atoms with Crippen LogP contribution in [0.5, 0.6) is 0 Å². The predicted octanol–water partition coefficient (Wildman–Crippen LogP) is 3.21. The molecule has 1 heteroatoms. The first-order valence-corrected chi connectivity index (χ1v) is 4.25. The molecule has 0 atom stereocenters. The second-order valence-electron chi connectivity index (χ2n) is 3.60. The fourth-order valence-corrected chi connectivity index (χ4v) is 0.650. The van der Waals surface area contributed by atoms with Gasteiger partial charge in [-0.25, -0.2) is 0 Å². The molecule has 0 N–H and O–H groups in total. The van der Waals surface area contributed by atoms with Crippen molar-refractivity contribution in [3.63, 3.8) is 0 Å². The van der Waals surface area contributed by atoms with E-state index in [0.29, 0.717) is 0 Å².